The lowest BCUT2D eigenvalue weighted by molar-refractivity contribution is -0.103. The molecule has 0 aliphatic carbocycles. The van der Waals surface area contributed by atoms with Crippen molar-refractivity contribution in [3.8, 4) is 0 Å². The van der Waals surface area contributed by atoms with E-state index in [2.05, 4.69) is 0 Å². The van der Waals surface area contributed by atoms with E-state index in [9.17, 15) is 4.79 Å². The molecule has 0 bridgehead atoms. The number of ether oxygens (including phenoxy) is 2. The predicted octanol–water partition coefficient (Wildman–Crippen LogP) is 2.05. The van der Waals surface area contributed by atoms with Crippen LogP contribution in [0.4, 0.5) is 0 Å². The highest BCUT2D eigenvalue weighted by molar-refractivity contribution is 7.14. The monoisotopic (exact) mass is 216 g/mol. The topological polar surface area (TPSA) is 55.8 Å². The summed E-state index contributed by atoms with van der Waals surface area (Å²) in [6.07, 6.45) is -0.480. The zero-order valence-electron chi connectivity index (χ0n) is 8.23. The normalized spacial score (nSPS) is 10.9. The molecule has 0 saturated heterocycles. The van der Waals surface area contributed by atoms with Crippen molar-refractivity contribution in [2.75, 3.05) is 14.2 Å². The van der Waals surface area contributed by atoms with Gasteiger partial charge in [-0.05, 0) is 18.6 Å². The lowest BCUT2D eigenvalue weighted by atomic mass is 10.2. The van der Waals surface area contributed by atoms with Gasteiger partial charge >= 0.3 is 5.97 Å². The van der Waals surface area contributed by atoms with Crippen LogP contribution in [-0.4, -0.2) is 25.3 Å². The van der Waals surface area contributed by atoms with Crippen molar-refractivity contribution >= 4 is 17.3 Å². The molecule has 0 spiro atoms. The Labute approximate surface area is 86.1 Å². The molecule has 1 aromatic rings. The number of carboxylic acids is 1. The third-order valence-electron chi connectivity index (χ3n) is 1.79. The zero-order chi connectivity index (χ0) is 10.7. The summed E-state index contributed by atoms with van der Waals surface area (Å²) < 4.78 is 10.1. The van der Waals surface area contributed by atoms with Crippen molar-refractivity contribution in [2.24, 2.45) is 0 Å². The molecule has 0 unspecified atom stereocenters. The molecule has 1 N–H and O–H groups in total. The fraction of sp³-hybridized carbons (Fsp3) is 0.444. The van der Waals surface area contributed by atoms with E-state index in [1.54, 1.807) is 13.0 Å². The molecule has 4 nitrogen and oxygen atoms in total. The molecule has 0 aliphatic rings. The van der Waals surface area contributed by atoms with Gasteiger partial charge in [-0.3, -0.25) is 0 Å². The number of carbonyl (C=O) groups is 1. The van der Waals surface area contributed by atoms with E-state index >= 15 is 0 Å². The number of aromatic carboxylic acids is 1. The highest BCUT2D eigenvalue weighted by Gasteiger charge is 2.17. The summed E-state index contributed by atoms with van der Waals surface area (Å²) in [6, 6.07) is 1.77. The van der Waals surface area contributed by atoms with Crippen LogP contribution in [0.3, 0.4) is 0 Å². The van der Waals surface area contributed by atoms with Crippen molar-refractivity contribution in [1.29, 1.82) is 0 Å². The number of hydrogen-bond acceptors (Lipinski definition) is 4. The van der Waals surface area contributed by atoms with Gasteiger partial charge in [0.15, 0.2) is 6.29 Å². The predicted molar refractivity (Wildman–Crippen MR) is 52.8 cm³/mol. The first kappa shape index (κ1) is 11.2. The van der Waals surface area contributed by atoms with E-state index in [4.69, 9.17) is 14.6 Å². The summed E-state index contributed by atoms with van der Waals surface area (Å²) in [5.41, 5.74) is 0.733. The largest absolute Gasteiger partial charge is 0.477 e. The molecule has 0 aromatic carbocycles. The summed E-state index contributed by atoms with van der Waals surface area (Å²) in [5.74, 6) is -0.912. The highest BCUT2D eigenvalue weighted by atomic mass is 32.1. The van der Waals surface area contributed by atoms with Crippen molar-refractivity contribution in [1.82, 2.24) is 0 Å². The standard InChI is InChI=1S/C9H12O4S/c1-5-4-6(9(12-2)13-3)14-7(5)8(10)11/h4,9H,1-3H3,(H,10,11). The summed E-state index contributed by atoms with van der Waals surface area (Å²) in [7, 11) is 3.04. The average Bonchev–Trinajstić information content (AvgIpc) is 2.50. The summed E-state index contributed by atoms with van der Waals surface area (Å²) in [6.45, 7) is 1.76. The van der Waals surface area contributed by atoms with Crippen LogP contribution in [0.15, 0.2) is 6.07 Å². The Balaban J connectivity index is 3.01. The second kappa shape index (κ2) is 4.54. The lowest BCUT2D eigenvalue weighted by Crippen LogP contribution is -2.00. The molecular formula is C9H12O4S. The summed E-state index contributed by atoms with van der Waals surface area (Å²) in [5, 5.41) is 8.83. The Kier molecular flexibility index (Phi) is 3.62. The van der Waals surface area contributed by atoms with Crippen molar-refractivity contribution in [3.05, 3.63) is 21.4 Å². The fourth-order valence-electron chi connectivity index (χ4n) is 1.16. The minimum absolute atomic E-state index is 0.333. The molecule has 1 rings (SSSR count). The van der Waals surface area contributed by atoms with Gasteiger partial charge in [-0.1, -0.05) is 0 Å². The fourth-order valence-corrected chi connectivity index (χ4v) is 2.23. The van der Waals surface area contributed by atoms with Crippen LogP contribution in [0.1, 0.15) is 26.4 Å². The van der Waals surface area contributed by atoms with Crippen LogP contribution in [0.5, 0.6) is 0 Å². The van der Waals surface area contributed by atoms with Crippen molar-refractivity contribution in [2.45, 2.75) is 13.2 Å². The Morgan fingerprint density at radius 2 is 2.07 bits per heavy atom. The van der Waals surface area contributed by atoms with Gasteiger partial charge < -0.3 is 14.6 Å². The third-order valence-corrected chi connectivity index (χ3v) is 3.04. The molecule has 1 aromatic heterocycles. The van der Waals surface area contributed by atoms with Crippen LogP contribution in [0.25, 0.3) is 0 Å². The molecule has 14 heavy (non-hydrogen) atoms. The number of hydrogen-bond donors (Lipinski definition) is 1. The van der Waals surface area contributed by atoms with E-state index in [1.807, 2.05) is 0 Å². The van der Waals surface area contributed by atoms with E-state index in [0.29, 0.717) is 4.88 Å². The van der Waals surface area contributed by atoms with Gasteiger partial charge in [0.25, 0.3) is 0 Å². The summed E-state index contributed by atoms with van der Waals surface area (Å²) >= 11 is 1.18. The molecule has 0 atom stereocenters. The Morgan fingerprint density at radius 3 is 2.43 bits per heavy atom. The molecular weight excluding hydrogens is 204 g/mol. The van der Waals surface area contributed by atoms with Crippen LogP contribution >= 0.6 is 11.3 Å². The quantitative estimate of drug-likeness (QED) is 0.782. The van der Waals surface area contributed by atoms with Gasteiger partial charge in [0, 0.05) is 14.2 Å². The maximum atomic E-state index is 10.8. The van der Waals surface area contributed by atoms with Crippen LogP contribution < -0.4 is 0 Å². The molecule has 5 heteroatoms. The number of thiophene rings is 1. The average molecular weight is 216 g/mol. The molecule has 0 saturated carbocycles. The van der Waals surface area contributed by atoms with Gasteiger partial charge in [0.05, 0.1) is 4.88 Å². The Morgan fingerprint density at radius 1 is 1.50 bits per heavy atom. The van der Waals surface area contributed by atoms with E-state index in [-0.39, 0.29) is 0 Å². The first-order chi connectivity index (χ1) is 6.60. The van der Waals surface area contributed by atoms with Crippen molar-refractivity contribution in [3.63, 3.8) is 0 Å². The number of carboxylic acid groups (broad SMARTS) is 1. The number of methoxy groups -OCH3 is 2. The number of aryl methyl sites for hydroxylation is 1. The Hall–Kier alpha value is -0.910. The minimum Gasteiger partial charge on any atom is -0.477 e. The zero-order valence-corrected chi connectivity index (χ0v) is 9.05. The van der Waals surface area contributed by atoms with Gasteiger partial charge in [0.2, 0.25) is 0 Å². The van der Waals surface area contributed by atoms with E-state index in [0.717, 1.165) is 10.4 Å². The molecule has 0 radical (unpaired) electrons. The first-order valence-corrected chi connectivity index (χ1v) is 4.81. The van der Waals surface area contributed by atoms with Gasteiger partial charge in [0.1, 0.15) is 4.88 Å². The molecule has 1 heterocycles. The Bertz CT molecular complexity index is 328. The third kappa shape index (κ3) is 2.12. The molecule has 78 valence electrons. The van der Waals surface area contributed by atoms with Crippen LogP contribution in [-0.2, 0) is 9.47 Å². The molecule has 0 aliphatic heterocycles. The highest BCUT2D eigenvalue weighted by Crippen LogP contribution is 2.29. The molecule has 0 amide bonds. The first-order valence-electron chi connectivity index (χ1n) is 3.99. The summed E-state index contributed by atoms with van der Waals surface area (Å²) in [4.78, 5) is 11.9. The smallest absolute Gasteiger partial charge is 0.346 e. The van der Waals surface area contributed by atoms with Gasteiger partial charge in [-0.25, -0.2) is 4.79 Å². The lowest BCUT2D eigenvalue weighted by Gasteiger charge is -2.09. The van der Waals surface area contributed by atoms with Crippen LogP contribution in [0, 0.1) is 6.92 Å². The van der Waals surface area contributed by atoms with Gasteiger partial charge in [-0.15, -0.1) is 11.3 Å². The van der Waals surface area contributed by atoms with E-state index < -0.39 is 12.3 Å². The second-order valence-electron chi connectivity index (χ2n) is 2.77. The van der Waals surface area contributed by atoms with E-state index in [1.165, 1.54) is 25.6 Å². The second-order valence-corrected chi connectivity index (χ2v) is 3.85. The SMILES string of the molecule is COC(OC)c1cc(C)c(C(=O)O)s1. The maximum absolute atomic E-state index is 10.8. The molecule has 0 fully saturated rings. The minimum atomic E-state index is -0.912. The number of rotatable bonds is 4. The maximum Gasteiger partial charge on any atom is 0.346 e. The van der Waals surface area contributed by atoms with Gasteiger partial charge in [-0.2, -0.15) is 0 Å². The van der Waals surface area contributed by atoms with Crippen molar-refractivity contribution < 1.29 is 19.4 Å². The van der Waals surface area contributed by atoms with Crippen LogP contribution in [0.2, 0.25) is 0 Å².